The maximum atomic E-state index is 5.84. The molecule has 1 saturated carbocycles. The van der Waals surface area contributed by atoms with Crippen molar-refractivity contribution in [2.45, 2.75) is 64.0 Å². The number of hydrazine groups is 1. The van der Waals surface area contributed by atoms with E-state index in [4.69, 9.17) is 10.6 Å². The van der Waals surface area contributed by atoms with Crippen LogP contribution in [0.1, 0.15) is 52.4 Å². The fourth-order valence-electron chi connectivity index (χ4n) is 3.03. The molecule has 0 aliphatic heterocycles. The van der Waals surface area contributed by atoms with Gasteiger partial charge in [0.1, 0.15) is 0 Å². The van der Waals surface area contributed by atoms with Crippen molar-refractivity contribution < 1.29 is 4.74 Å². The highest BCUT2D eigenvalue weighted by atomic mass is 16.5. The SMILES string of the molecule is CC#CCCC(NN)C1(OC)CCCC(C)C1. The Morgan fingerprint density at radius 2 is 2.35 bits per heavy atom. The van der Waals surface area contributed by atoms with Crippen LogP contribution in [0.3, 0.4) is 0 Å². The summed E-state index contributed by atoms with van der Waals surface area (Å²) in [6, 6.07) is 0.205. The number of hydrogen-bond acceptors (Lipinski definition) is 3. The van der Waals surface area contributed by atoms with Gasteiger partial charge in [0.25, 0.3) is 0 Å². The van der Waals surface area contributed by atoms with Gasteiger partial charge in [-0.15, -0.1) is 11.8 Å². The topological polar surface area (TPSA) is 47.3 Å². The van der Waals surface area contributed by atoms with E-state index in [0.29, 0.717) is 0 Å². The van der Waals surface area contributed by atoms with Gasteiger partial charge in [-0.05, 0) is 32.1 Å². The van der Waals surface area contributed by atoms with Crippen molar-refractivity contribution in [1.29, 1.82) is 0 Å². The summed E-state index contributed by atoms with van der Waals surface area (Å²) in [6.07, 6.45) is 6.56. The lowest BCUT2D eigenvalue weighted by Crippen LogP contribution is -2.56. The summed E-state index contributed by atoms with van der Waals surface area (Å²) in [5, 5.41) is 0. The molecule has 1 aliphatic carbocycles. The van der Waals surface area contributed by atoms with Gasteiger partial charge in [0.15, 0.2) is 0 Å². The minimum Gasteiger partial charge on any atom is -0.377 e. The first-order valence-electron chi connectivity index (χ1n) is 6.59. The van der Waals surface area contributed by atoms with Crippen LogP contribution in [0.2, 0.25) is 0 Å². The van der Waals surface area contributed by atoms with Crippen molar-refractivity contribution in [3.63, 3.8) is 0 Å². The molecule has 1 aliphatic rings. The maximum Gasteiger partial charge on any atom is 0.0847 e. The first kappa shape index (κ1) is 14.5. The second-order valence-corrected chi connectivity index (χ2v) is 5.16. The fourth-order valence-corrected chi connectivity index (χ4v) is 3.03. The van der Waals surface area contributed by atoms with Crippen molar-refractivity contribution in [2.24, 2.45) is 11.8 Å². The molecule has 0 radical (unpaired) electrons. The predicted molar refractivity (Wildman–Crippen MR) is 71.2 cm³/mol. The molecule has 1 rings (SSSR count). The molecule has 0 aromatic heterocycles. The van der Waals surface area contributed by atoms with Gasteiger partial charge >= 0.3 is 0 Å². The Balaban J connectivity index is 2.68. The average Bonchev–Trinajstić information content (AvgIpc) is 2.34. The van der Waals surface area contributed by atoms with E-state index in [-0.39, 0.29) is 11.6 Å². The van der Waals surface area contributed by atoms with Crippen molar-refractivity contribution in [3.8, 4) is 11.8 Å². The molecule has 3 N–H and O–H groups in total. The Hall–Kier alpha value is -0.560. The van der Waals surface area contributed by atoms with Crippen LogP contribution < -0.4 is 11.3 Å². The number of nitrogens with two attached hydrogens (primary N) is 1. The van der Waals surface area contributed by atoms with Crippen LogP contribution in [0.5, 0.6) is 0 Å². The quantitative estimate of drug-likeness (QED) is 0.438. The van der Waals surface area contributed by atoms with Crippen molar-refractivity contribution >= 4 is 0 Å². The molecule has 3 atom stereocenters. The first-order chi connectivity index (χ1) is 8.18. The highest BCUT2D eigenvalue weighted by Gasteiger charge is 2.41. The summed E-state index contributed by atoms with van der Waals surface area (Å²) in [4.78, 5) is 0. The summed E-state index contributed by atoms with van der Waals surface area (Å²) in [7, 11) is 1.81. The Morgan fingerprint density at radius 3 is 2.88 bits per heavy atom. The summed E-state index contributed by atoms with van der Waals surface area (Å²) < 4.78 is 5.84. The van der Waals surface area contributed by atoms with Crippen LogP contribution in [0.4, 0.5) is 0 Å². The van der Waals surface area contributed by atoms with E-state index in [1.165, 1.54) is 12.8 Å². The van der Waals surface area contributed by atoms with Gasteiger partial charge in [0, 0.05) is 13.5 Å². The minimum absolute atomic E-state index is 0.0954. The standard InChI is InChI=1S/C14H26N2O/c1-4-5-6-9-13(16-15)14(17-3)10-7-8-12(2)11-14/h12-13,16H,6-11,15H2,1-3H3. The lowest BCUT2D eigenvalue weighted by atomic mass is 9.73. The average molecular weight is 238 g/mol. The lowest BCUT2D eigenvalue weighted by molar-refractivity contribution is -0.0806. The molecule has 3 nitrogen and oxygen atoms in total. The largest absolute Gasteiger partial charge is 0.377 e. The van der Waals surface area contributed by atoms with Gasteiger partial charge < -0.3 is 4.74 Å². The summed E-state index contributed by atoms with van der Waals surface area (Å²) >= 11 is 0. The molecule has 0 saturated heterocycles. The summed E-state index contributed by atoms with van der Waals surface area (Å²) in [5.41, 5.74) is 2.85. The zero-order valence-electron chi connectivity index (χ0n) is 11.4. The maximum absolute atomic E-state index is 5.84. The molecular formula is C14H26N2O. The molecule has 17 heavy (non-hydrogen) atoms. The molecule has 3 unspecified atom stereocenters. The third-order valence-corrected chi connectivity index (χ3v) is 3.97. The number of nitrogens with one attached hydrogen (secondary N) is 1. The molecule has 0 heterocycles. The van der Waals surface area contributed by atoms with E-state index in [1.807, 2.05) is 14.0 Å². The molecule has 0 aromatic carbocycles. The van der Waals surface area contributed by atoms with E-state index < -0.39 is 0 Å². The number of rotatable bonds is 5. The van der Waals surface area contributed by atoms with Crippen LogP contribution in [0, 0.1) is 17.8 Å². The fraction of sp³-hybridized carbons (Fsp3) is 0.857. The van der Waals surface area contributed by atoms with E-state index in [2.05, 4.69) is 24.2 Å². The zero-order chi connectivity index (χ0) is 12.7. The highest BCUT2D eigenvalue weighted by Crippen LogP contribution is 2.38. The number of methoxy groups -OCH3 is 1. The minimum atomic E-state index is -0.0954. The molecule has 0 spiro atoms. The molecule has 98 valence electrons. The second kappa shape index (κ2) is 7.00. The van der Waals surface area contributed by atoms with Crippen LogP contribution in [0.25, 0.3) is 0 Å². The molecular weight excluding hydrogens is 212 g/mol. The van der Waals surface area contributed by atoms with Gasteiger partial charge in [0.05, 0.1) is 11.6 Å². The van der Waals surface area contributed by atoms with Gasteiger partial charge in [-0.1, -0.05) is 19.8 Å². The molecule has 1 fully saturated rings. The van der Waals surface area contributed by atoms with Crippen molar-refractivity contribution in [2.75, 3.05) is 7.11 Å². The highest BCUT2D eigenvalue weighted by molar-refractivity contribution is 5.00. The summed E-state index contributed by atoms with van der Waals surface area (Å²) in [5.74, 6) is 12.5. The summed E-state index contributed by atoms with van der Waals surface area (Å²) in [6.45, 7) is 4.17. The van der Waals surface area contributed by atoms with Gasteiger partial charge in [-0.2, -0.15) is 0 Å². The Morgan fingerprint density at radius 1 is 1.59 bits per heavy atom. The van der Waals surface area contributed by atoms with E-state index >= 15 is 0 Å². The second-order valence-electron chi connectivity index (χ2n) is 5.16. The lowest BCUT2D eigenvalue weighted by Gasteiger charge is -2.44. The third kappa shape index (κ3) is 3.70. The van der Waals surface area contributed by atoms with E-state index in [1.54, 1.807) is 0 Å². The Kier molecular flexibility index (Phi) is 5.97. The zero-order valence-corrected chi connectivity index (χ0v) is 11.4. The van der Waals surface area contributed by atoms with Crippen LogP contribution >= 0.6 is 0 Å². The van der Waals surface area contributed by atoms with Crippen molar-refractivity contribution in [1.82, 2.24) is 5.43 Å². The monoisotopic (exact) mass is 238 g/mol. The van der Waals surface area contributed by atoms with Crippen LogP contribution in [-0.4, -0.2) is 18.8 Å². The van der Waals surface area contributed by atoms with Crippen LogP contribution in [0.15, 0.2) is 0 Å². The van der Waals surface area contributed by atoms with Gasteiger partial charge in [-0.25, -0.2) is 0 Å². The van der Waals surface area contributed by atoms with Crippen molar-refractivity contribution in [3.05, 3.63) is 0 Å². The third-order valence-electron chi connectivity index (χ3n) is 3.97. The number of hydrogen-bond donors (Lipinski definition) is 2. The molecule has 3 heteroatoms. The van der Waals surface area contributed by atoms with E-state index in [0.717, 1.165) is 31.6 Å². The van der Waals surface area contributed by atoms with Gasteiger partial charge in [-0.3, -0.25) is 11.3 Å². The number of ether oxygens (including phenoxy) is 1. The molecule has 0 amide bonds. The Bertz CT molecular complexity index is 282. The van der Waals surface area contributed by atoms with Gasteiger partial charge in [0.2, 0.25) is 0 Å². The molecule has 0 aromatic rings. The first-order valence-corrected chi connectivity index (χ1v) is 6.59. The van der Waals surface area contributed by atoms with Crippen LogP contribution in [-0.2, 0) is 4.74 Å². The van der Waals surface area contributed by atoms with E-state index in [9.17, 15) is 0 Å². The predicted octanol–water partition coefficient (Wildman–Crippen LogP) is 2.22. The normalized spacial score (nSPS) is 30.5. The Labute approximate surface area is 105 Å². The molecule has 0 bridgehead atoms. The smallest absolute Gasteiger partial charge is 0.0847 e.